The Morgan fingerprint density at radius 2 is 1.67 bits per heavy atom. The SMILES string of the molecule is C=CC[C@@H]1/C=C(\C)C[C@H](C)C[C@H](OC)[C@H]2O[C@@](O)(C(=O)C(=O)N3CCCC[C@H]3C(=O)O[C@H](/C(C)=C/[C@@H]3CC[C@H](O)[C@H](CO)C3)[C@H](C)[C@@H](O)CC1=O)[C@H](C)C[C@@H]2OC. The molecule has 0 aromatic carbocycles. The molecule has 13 nitrogen and oxygen atoms in total. The van der Waals surface area contributed by atoms with Crippen molar-refractivity contribution < 1.29 is 58.6 Å². The summed E-state index contributed by atoms with van der Waals surface area (Å²) in [7, 11) is 3.04. The highest BCUT2D eigenvalue weighted by molar-refractivity contribution is 6.39. The standard InChI is InChI=1S/C44H69NO12/c1-9-12-31-18-25(2)17-26(3)19-37(54-7)40-38(55-8)21-28(5)44(53,57-40)41(50)42(51)45-16-11-10-13-33(45)43(52)56-39(29(6)35(48)23-36(31)49)27(4)20-30-14-15-34(47)32(22-30)24-46/h9,18,20,26,28-35,37-40,46-48,53H,1,10-17,19,21-24H2,2-8H3/b25-18+,27-20+/t26-,28+,29+,30-,31+,32-,33-,34-,35-,37-,38-,39+,40+,44+/m0/s1. The molecule has 57 heavy (non-hydrogen) atoms. The molecule has 2 bridgehead atoms. The number of allylic oxidation sites excluding steroid dienone is 4. The lowest BCUT2D eigenvalue weighted by molar-refractivity contribution is -0.302. The van der Waals surface area contributed by atoms with E-state index in [0.29, 0.717) is 56.9 Å². The van der Waals surface area contributed by atoms with Crippen molar-refractivity contribution in [2.45, 2.75) is 154 Å². The van der Waals surface area contributed by atoms with Gasteiger partial charge >= 0.3 is 5.97 Å². The summed E-state index contributed by atoms with van der Waals surface area (Å²) in [6, 6.07) is -1.16. The number of aliphatic hydroxyl groups is 4. The average molecular weight is 804 g/mol. The molecule has 3 fully saturated rings. The van der Waals surface area contributed by atoms with E-state index in [1.54, 1.807) is 26.8 Å². The van der Waals surface area contributed by atoms with Gasteiger partial charge in [-0.2, -0.15) is 0 Å². The predicted molar refractivity (Wildman–Crippen MR) is 212 cm³/mol. The number of amides is 1. The first-order chi connectivity index (χ1) is 27.0. The smallest absolute Gasteiger partial charge is 0.329 e. The summed E-state index contributed by atoms with van der Waals surface area (Å²) in [4.78, 5) is 57.8. The number of rotatable bonds is 7. The minimum Gasteiger partial charge on any atom is -0.456 e. The molecule has 3 heterocycles. The molecule has 0 radical (unpaired) electrons. The molecule has 14 atom stereocenters. The van der Waals surface area contributed by atoms with Crippen molar-refractivity contribution in [3.63, 3.8) is 0 Å². The molecule has 4 aliphatic rings. The largest absolute Gasteiger partial charge is 0.456 e. The Morgan fingerprint density at radius 1 is 0.982 bits per heavy atom. The third-order valence-corrected chi connectivity index (χ3v) is 13.0. The maximum Gasteiger partial charge on any atom is 0.329 e. The lowest BCUT2D eigenvalue weighted by Gasteiger charge is -2.47. The van der Waals surface area contributed by atoms with Crippen LogP contribution in [0.4, 0.5) is 0 Å². The van der Waals surface area contributed by atoms with Crippen molar-refractivity contribution in [3.05, 3.63) is 36.0 Å². The zero-order chi connectivity index (χ0) is 42.2. The average Bonchev–Trinajstić information content (AvgIpc) is 3.18. The molecule has 1 aliphatic carbocycles. The number of cyclic esters (lactones) is 1. The Labute approximate surface area is 338 Å². The van der Waals surface area contributed by atoms with Gasteiger partial charge in [-0.15, -0.1) is 6.58 Å². The van der Waals surface area contributed by atoms with Crippen LogP contribution in [0.25, 0.3) is 0 Å². The highest BCUT2D eigenvalue weighted by Gasteiger charge is 2.56. The van der Waals surface area contributed by atoms with Crippen molar-refractivity contribution in [3.8, 4) is 0 Å². The van der Waals surface area contributed by atoms with Crippen molar-refractivity contribution in [2.75, 3.05) is 27.4 Å². The number of fused-ring (bicyclic) bond motifs is 3. The van der Waals surface area contributed by atoms with Gasteiger partial charge < -0.3 is 44.3 Å². The highest BCUT2D eigenvalue weighted by atomic mass is 16.7. The van der Waals surface area contributed by atoms with E-state index in [1.165, 1.54) is 19.1 Å². The first-order valence-corrected chi connectivity index (χ1v) is 21.0. The van der Waals surface area contributed by atoms with E-state index >= 15 is 0 Å². The first kappa shape index (κ1) is 46.9. The minimum absolute atomic E-state index is 0.00385. The molecule has 322 valence electrons. The minimum atomic E-state index is -2.52. The molecule has 2 saturated heterocycles. The summed E-state index contributed by atoms with van der Waals surface area (Å²) in [5.41, 5.74) is 1.58. The number of piperidine rings is 1. The van der Waals surface area contributed by atoms with E-state index in [0.717, 1.165) is 5.57 Å². The van der Waals surface area contributed by atoms with E-state index < -0.39 is 83.9 Å². The number of nitrogens with zero attached hydrogens (tertiary/aromatic N) is 1. The number of carbonyl (C=O) groups is 4. The first-order valence-electron chi connectivity index (χ1n) is 21.0. The van der Waals surface area contributed by atoms with Gasteiger partial charge in [0.1, 0.15) is 24.0 Å². The van der Waals surface area contributed by atoms with Crippen LogP contribution in [0.2, 0.25) is 0 Å². The number of ether oxygens (including phenoxy) is 4. The van der Waals surface area contributed by atoms with Crippen molar-refractivity contribution in [1.29, 1.82) is 0 Å². The molecule has 0 aromatic rings. The van der Waals surface area contributed by atoms with Gasteiger partial charge in [-0.05, 0) is 95.5 Å². The predicted octanol–water partition coefficient (Wildman–Crippen LogP) is 4.23. The van der Waals surface area contributed by atoms with Gasteiger partial charge in [0, 0.05) is 57.5 Å². The summed E-state index contributed by atoms with van der Waals surface area (Å²) in [6.45, 7) is 12.9. The zero-order valence-corrected chi connectivity index (χ0v) is 35.1. The number of hydrogen-bond donors (Lipinski definition) is 4. The molecule has 4 N–H and O–H groups in total. The van der Waals surface area contributed by atoms with Gasteiger partial charge in [0.2, 0.25) is 5.79 Å². The second kappa shape index (κ2) is 21.0. The van der Waals surface area contributed by atoms with Crippen LogP contribution in [0.15, 0.2) is 36.0 Å². The molecule has 0 aromatic heterocycles. The second-order valence-electron chi connectivity index (χ2n) is 17.4. The van der Waals surface area contributed by atoms with Crippen molar-refractivity contribution in [2.24, 2.45) is 35.5 Å². The molecule has 0 spiro atoms. The third kappa shape index (κ3) is 11.3. The highest BCUT2D eigenvalue weighted by Crippen LogP contribution is 2.39. The van der Waals surface area contributed by atoms with Crippen molar-refractivity contribution in [1.82, 2.24) is 4.90 Å². The van der Waals surface area contributed by atoms with Crippen LogP contribution in [-0.4, -0.2) is 125 Å². The van der Waals surface area contributed by atoms with E-state index in [-0.39, 0.29) is 56.0 Å². The second-order valence-corrected chi connectivity index (χ2v) is 17.4. The van der Waals surface area contributed by atoms with E-state index in [4.69, 9.17) is 18.9 Å². The van der Waals surface area contributed by atoms with Crippen LogP contribution < -0.4 is 0 Å². The fraction of sp³-hybridized carbons (Fsp3) is 0.773. The lowest BCUT2D eigenvalue weighted by atomic mass is 9.78. The number of aliphatic hydroxyl groups excluding tert-OH is 3. The quantitative estimate of drug-likeness (QED) is 0.163. The Morgan fingerprint density at radius 3 is 2.32 bits per heavy atom. The van der Waals surface area contributed by atoms with Crippen LogP contribution in [0.3, 0.4) is 0 Å². The molecular weight excluding hydrogens is 734 g/mol. The molecule has 1 amide bonds. The van der Waals surface area contributed by atoms with Crippen LogP contribution in [0.5, 0.6) is 0 Å². The maximum absolute atomic E-state index is 14.3. The van der Waals surface area contributed by atoms with E-state index in [2.05, 4.69) is 6.58 Å². The molecule has 0 unspecified atom stereocenters. The van der Waals surface area contributed by atoms with Crippen LogP contribution in [0.1, 0.15) is 105 Å². The van der Waals surface area contributed by atoms with Gasteiger partial charge in [-0.25, -0.2) is 4.79 Å². The van der Waals surface area contributed by atoms with Crippen LogP contribution >= 0.6 is 0 Å². The fourth-order valence-electron chi connectivity index (χ4n) is 9.51. The summed E-state index contributed by atoms with van der Waals surface area (Å²) in [5.74, 6) is -8.19. The summed E-state index contributed by atoms with van der Waals surface area (Å²) in [6.07, 6.45) is 5.00. The molecule has 3 aliphatic heterocycles. The number of carbonyl (C=O) groups excluding carboxylic acids is 4. The lowest BCUT2D eigenvalue weighted by Crippen LogP contribution is -2.64. The van der Waals surface area contributed by atoms with Gasteiger partial charge in [0.25, 0.3) is 11.7 Å². The summed E-state index contributed by atoms with van der Waals surface area (Å²) < 4.78 is 24.2. The number of hydrogen-bond acceptors (Lipinski definition) is 12. The Balaban J connectivity index is 1.78. The topological polar surface area (TPSA) is 189 Å². The maximum atomic E-state index is 14.3. The van der Waals surface area contributed by atoms with E-state index in [9.17, 15) is 39.6 Å². The third-order valence-electron chi connectivity index (χ3n) is 13.0. The Bertz CT molecular complexity index is 1480. The van der Waals surface area contributed by atoms with Gasteiger partial charge in [-0.3, -0.25) is 14.4 Å². The normalized spacial score (nSPS) is 41.0. The van der Waals surface area contributed by atoms with Crippen molar-refractivity contribution >= 4 is 23.4 Å². The summed E-state index contributed by atoms with van der Waals surface area (Å²) >= 11 is 0. The van der Waals surface area contributed by atoms with Gasteiger partial charge in [0.15, 0.2) is 0 Å². The van der Waals surface area contributed by atoms with E-state index in [1.807, 2.05) is 26.0 Å². The van der Waals surface area contributed by atoms with Gasteiger partial charge in [0.05, 0.1) is 24.4 Å². The fourth-order valence-corrected chi connectivity index (χ4v) is 9.51. The molecule has 13 heteroatoms. The Hall–Kier alpha value is -2.78. The number of esters is 1. The van der Waals surface area contributed by atoms with Crippen LogP contribution in [-0.2, 0) is 38.1 Å². The Kier molecular flexibility index (Phi) is 17.2. The molecule has 4 rings (SSSR count). The number of methoxy groups -OCH3 is 2. The molecule has 1 saturated carbocycles. The monoisotopic (exact) mass is 803 g/mol. The number of Topliss-reactive ketones (excluding diaryl/α,β-unsaturated/α-hetero) is 2. The number of ketones is 2. The zero-order valence-electron chi connectivity index (χ0n) is 35.1. The molecular formula is C44H69NO12. The van der Waals surface area contributed by atoms with Crippen LogP contribution in [0, 0.1) is 35.5 Å². The summed E-state index contributed by atoms with van der Waals surface area (Å²) in [5, 5.41) is 44.0. The van der Waals surface area contributed by atoms with Gasteiger partial charge in [-0.1, -0.05) is 44.6 Å².